The third-order valence-electron chi connectivity index (χ3n) is 5.76. The SMILES string of the molecule is CCCCN(CCC)c1cc(OCCc2ccccn2)nc(/C=N/Nc2ccc3ccccc3c2)n1. The summed E-state index contributed by atoms with van der Waals surface area (Å²) in [5, 5.41) is 6.76. The van der Waals surface area contributed by atoms with Gasteiger partial charge in [-0.1, -0.05) is 56.7 Å². The highest BCUT2D eigenvalue weighted by atomic mass is 16.5. The number of nitrogens with one attached hydrogen (secondary N) is 1. The van der Waals surface area contributed by atoms with Crippen molar-refractivity contribution in [1.29, 1.82) is 0 Å². The summed E-state index contributed by atoms with van der Waals surface area (Å²) >= 11 is 0. The molecule has 0 radical (unpaired) electrons. The molecule has 0 bridgehead atoms. The summed E-state index contributed by atoms with van der Waals surface area (Å²) in [5.74, 6) is 1.91. The standard InChI is InChI=1S/C29H34N6O/c1-3-5-18-35(17-4-2)28-21-29(36-19-15-25-12-8-9-16-30-25)33-27(32-28)22-31-34-26-14-13-23-10-6-7-11-24(23)20-26/h6-14,16,20-22,34H,3-5,15,17-19H2,1-2H3/b31-22+. The Morgan fingerprint density at radius 2 is 1.78 bits per heavy atom. The zero-order chi connectivity index (χ0) is 25.0. The van der Waals surface area contributed by atoms with Crippen LogP contribution in [0, 0.1) is 0 Å². The molecule has 2 aromatic carbocycles. The van der Waals surface area contributed by atoms with E-state index >= 15 is 0 Å². The molecule has 0 spiro atoms. The average Bonchev–Trinajstić information content (AvgIpc) is 2.91. The van der Waals surface area contributed by atoms with Crippen LogP contribution < -0.4 is 15.1 Å². The van der Waals surface area contributed by atoms with E-state index in [1.54, 1.807) is 12.4 Å². The summed E-state index contributed by atoms with van der Waals surface area (Å²) in [6.45, 7) is 6.74. The minimum atomic E-state index is 0.488. The number of benzene rings is 2. The molecule has 1 N–H and O–H groups in total. The molecule has 186 valence electrons. The van der Waals surface area contributed by atoms with Gasteiger partial charge >= 0.3 is 0 Å². The number of hydrazone groups is 1. The van der Waals surface area contributed by atoms with E-state index in [1.807, 2.05) is 42.5 Å². The molecule has 2 heterocycles. The van der Waals surface area contributed by atoms with E-state index in [4.69, 9.17) is 9.72 Å². The van der Waals surface area contributed by atoms with Gasteiger partial charge < -0.3 is 9.64 Å². The Morgan fingerprint density at radius 3 is 2.58 bits per heavy atom. The lowest BCUT2D eigenvalue weighted by atomic mass is 10.1. The first-order chi connectivity index (χ1) is 17.7. The van der Waals surface area contributed by atoms with Crippen molar-refractivity contribution in [1.82, 2.24) is 15.0 Å². The molecule has 0 aliphatic carbocycles. The Labute approximate surface area is 213 Å². The predicted molar refractivity (Wildman–Crippen MR) is 148 cm³/mol. The van der Waals surface area contributed by atoms with Gasteiger partial charge in [-0.25, -0.2) is 4.98 Å². The third kappa shape index (κ3) is 7.25. The van der Waals surface area contributed by atoms with E-state index in [-0.39, 0.29) is 0 Å². The normalized spacial score (nSPS) is 11.2. The molecule has 36 heavy (non-hydrogen) atoms. The molecule has 0 atom stereocenters. The monoisotopic (exact) mass is 482 g/mol. The van der Waals surface area contributed by atoms with Gasteiger partial charge in [0.2, 0.25) is 5.88 Å². The van der Waals surface area contributed by atoms with E-state index in [1.165, 1.54) is 5.39 Å². The number of nitrogens with zero attached hydrogens (tertiary/aromatic N) is 5. The molecule has 0 saturated heterocycles. The number of hydrogen-bond donors (Lipinski definition) is 1. The van der Waals surface area contributed by atoms with Gasteiger partial charge in [-0.05, 0) is 47.9 Å². The van der Waals surface area contributed by atoms with Crippen molar-refractivity contribution >= 4 is 28.5 Å². The molecule has 4 rings (SSSR count). The van der Waals surface area contributed by atoms with Gasteiger partial charge in [0, 0.05) is 37.5 Å². The summed E-state index contributed by atoms with van der Waals surface area (Å²) in [5.41, 5.74) is 5.00. The summed E-state index contributed by atoms with van der Waals surface area (Å²) < 4.78 is 6.04. The van der Waals surface area contributed by atoms with E-state index in [0.717, 1.165) is 54.9 Å². The highest BCUT2D eigenvalue weighted by Crippen LogP contribution is 2.20. The Hall–Kier alpha value is -4.00. The fourth-order valence-corrected chi connectivity index (χ4v) is 3.91. The van der Waals surface area contributed by atoms with Crippen LogP contribution in [0.5, 0.6) is 5.88 Å². The third-order valence-corrected chi connectivity index (χ3v) is 5.76. The van der Waals surface area contributed by atoms with Crippen molar-refractivity contribution in [3.8, 4) is 5.88 Å². The molecular weight excluding hydrogens is 448 g/mol. The largest absolute Gasteiger partial charge is 0.477 e. The lowest BCUT2D eigenvalue weighted by Crippen LogP contribution is -2.26. The first-order valence-corrected chi connectivity index (χ1v) is 12.7. The molecule has 0 aliphatic heterocycles. The maximum absolute atomic E-state index is 6.04. The van der Waals surface area contributed by atoms with E-state index < -0.39 is 0 Å². The molecular formula is C29H34N6O. The number of unbranched alkanes of at least 4 members (excludes halogenated alkanes) is 1. The molecule has 7 nitrogen and oxygen atoms in total. The van der Waals surface area contributed by atoms with Crippen molar-refractivity contribution in [3.05, 3.63) is 84.4 Å². The van der Waals surface area contributed by atoms with Crippen molar-refractivity contribution in [2.75, 3.05) is 30.0 Å². The van der Waals surface area contributed by atoms with Crippen molar-refractivity contribution < 1.29 is 4.74 Å². The Balaban J connectivity index is 1.51. The molecule has 0 unspecified atom stereocenters. The van der Waals surface area contributed by atoms with Gasteiger partial charge in [-0.15, -0.1) is 0 Å². The van der Waals surface area contributed by atoms with E-state index in [0.29, 0.717) is 24.7 Å². The average molecular weight is 483 g/mol. The van der Waals surface area contributed by atoms with Gasteiger partial charge in [-0.3, -0.25) is 10.4 Å². The van der Waals surface area contributed by atoms with Crippen LogP contribution in [0.4, 0.5) is 11.5 Å². The molecule has 2 aromatic heterocycles. The Bertz CT molecular complexity index is 1260. The second-order valence-electron chi connectivity index (χ2n) is 8.61. The lowest BCUT2D eigenvalue weighted by Gasteiger charge is -2.23. The molecule has 7 heteroatoms. The van der Waals surface area contributed by atoms with Crippen LogP contribution in [-0.4, -0.2) is 40.9 Å². The summed E-state index contributed by atoms with van der Waals surface area (Å²) in [7, 11) is 0. The maximum atomic E-state index is 6.04. The minimum absolute atomic E-state index is 0.488. The second-order valence-corrected chi connectivity index (χ2v) is 8.61. The Kier molecular flexibility index (Phi) is 9.19. The topological polar surface area (TPSA) is 75.5 Å². The fraction of sp³-hybridized carbons (Fsp3) is 0.310. The van der Waals surface area contributed by atoms with Gasteiger partial charge in [0.15, 0.2) is 5.82 Å². The highest BCUT2D eigenvalue weighted by Gasteiger charge is 2.12. The van der Waals surface area contributed by atoms with Crippen LogP contribution in [0.2, 0.25) is 0 Å². The van der Waals surface area contributed by atoms with Crippen LogP contribution in [-0.2, 0) is 6.42 Å². The van der Waals surface area contributed by atoms with Crippen LogP contribution in [0.15, 0.2) is 78.0 Å². The number of fused-ring (bicyclic) bond motifs is 1. The van der Waals surface area contributed by atoms with Crippen molar-refractivity contribution in [2.24, 2.45) is 5.10 Å². The van der Waals surface area contributed by atoms with Crippen molar-refractivity contribution in [3.63, 3.8) is 0 Å². The molecule has 0 saturated carbocycles. The van der Waals surface area contributed by atoms with Gasteiger partial charge in [0.05, 0.1) is 18.5 Å². The van der Waals surface area contributed by atoms with Crippen LogP contribution in [0.1, 0.15) is 44.6 Å². The lowest BCUT2D eigenvalue weighted by molar-refractivity contribution is 0.307. The molecule has 4 aromatic rings. The Morgan fingerprint density at radius 1 is 0.917 bits per heavy atom. The predicted octanol–water partition coefficient (Wildman–Crippen LogP) is 6.11. The van der Waals surface area contributed by atoms with Gasteiger partial charge in [0.25, 0.3) is 0 Å². The number of rotatable bonds is 13. The highest BCUT2D eigenvalue weighted by molar-refractivity contribution is 5.86. The molecule has 0 fully saturated rings. The maximum Gasteiger partial charge on any atom is 0.219 e. The quantitative estimate of drug-likeness (QED) is 0.183. The number of ether oxygens (including phenoxy) is 1. The van der Waals surface area contributed by atoms with Gasteiger partial charge in [-0.2, -0.15) is 10.1 Å². The first-order valence-electron chi connectivity index (χ1n) is 12.7. The summed E-state index contributed by atoms with van der Waals surface area (Å²) in [4.78, 5) is 16.1. The smallest absolute Gasteiger partial charge is 0.219 e. The van der Waals surface area contributed by atoms with Gasteiger partial charge in [0.1, 0.15) is 5.82 Å². The fourth-order valence-electron chi connectivity index (χ4n) is 3.91. The van der Waals surface area contributed by atoms with Crippen molar-refractivity contribution in [2.45, 2.75) is 39.5 Å². The summed E-state index contributed by atoms with van der Waals surface area (Å²) in [6, 6.07) is 22.2. The van der Waals surface area contributed by atoms with E-state index in [2.05, 4.69) is 63.5 Å². The molecule has 0 amide bonds. The van der Waals surface area contributed by atoms with E-state index in [9.17, 15) is 0 Å². The zero-order valence-electron chi connectivity index (χ0n) is 21.1. The second kappa shape index (κ2) is 13.2. The van der Waals surface area contributed by atoms with Crippen LogP contribution >= 0.6 is 0 Å². The number of anilines is 2. The number of hydrogen-bond acceptors (Lipinski definition) is 7. The summed E-state index contributed by atoms with van der Waals surface area (Å²) in [6.07, 6.45) is 7.42. The number of aromatic nitrogens is 3. The first kappa shape index (κ1) is 25.1. The van der Waals surface area contributed by atoms with Crippen LogP contribution in [0.3, 0.4) is 0 Å². The minimum Gasteiger partial charge on any atom is -0.477 e. The number of pyridine rings is 1. The zero-order valence-corrected chi connectivity index (χ0v) is 21.1. The molecule has 0 aliphatic rings. The van der Waals surface area contributed by atoms with Crippen LogP contribution in [0.25, 0.3) is 10.8 Å².